The molecule has 1 unspecified atom stereocenters. The van der Waals surface area contributed by atoms with Crippen molar-refractivity contribution in [3.8, 4) is 23.0 Å². The minimum atomic E-state index is -0.705. The van der Waals surface area contributed by atoms with Gasteiger partial charge < -0.3 is 36.3 Å². The maximum Gasteiger partial charge on any atom is 0.323 e. The first kappa shape index (κ1) is 32.0. The molecule has 3 aromatic carbocycles. The smallest absolute Gasteiger partial charge is 0.323 e. The molecule has 0 bridgehead atoms. The standard InChI is InChI=1S/C33H40N6O5/c1-33(2,3)44-32(41)28(34)16-20-12-14-39(15-13-20)31(40)23-17-26(42-24-8-4-21(5-9-24)29(35)36)19-27(18-23)43-25-10-6-22(7-11-25)30(37)38/h4-11,17-20,28H,12-16,34H2,1-3H3,(H3,35,36)(H3,37,38). The van der Waals surface area contributed by atoms with Crippen LogP contribution in [0.25, 0.3) is 0 Å². The number of carbonyl (C=O) groups is 2. The molecular formula is C33H40N6O5. The highest BCUT2D eigenvalue weighted by Gasteiger charge is 2.29. The zero-order chi connectivity index (χ0) is 32.0. The van der Waals surface area contributed by atoms with Gasteiger partial charge in [0.15, 0.2) is 0 Å². The number of ether oxygens (including phenoxy) is 3. The number of piperidine rings is 1. The molecule has 1 amide bonds. The molecule has 0 saturated carbocycles. The summed E-state index contributed by atoms with van der Waals surface area (Å²) in [5.41, 5.74) is 18.2. The fourth-order valence-electron chi connectivity index (χ4n) is 4.88. The summed E-state index contributed by atoms with van der Waals surface area (Å²) < 4.78 is 17.6. The molecule has 1 saturated heterocycles. The second kappa shape index (κ2) is 13.6. The molecule has 4 rings (SSSR count). The first-order valence-corrected chi connectivity index (χ1v) is 14.4. The van der Waals surface area contributed by atoms with Gasteiger partial charge in [-0.1, -0.05) is 0 Å². The van der Waals surface area contributed by atoms with E-state index in [4.69, 9.17) is 42.2 Å². The molecule has 1 fully saturated rings. The fourth-order valence-corrected chi connectivity index (χ4v) is 4.88. The highest BCUT2D eigenvalue weighted by molar-refractivity contribution is 5.96. The summed E-state index contributed by atoms with van der Waals surface area (Å²) in [5, 5.41) is 15.2. The van der Waals surface area contributed by atoms with Gasteiger partial charge in [0.1, 0.15) is 46.3 Å². The average Bonchev–Trinajstić information content (AvgIpc) is 2.96. The molecule has 3 aromatic rings. The zero-order valence-corrected chi connectivity index (χ0v) is 25.3. The molecule has 0 aliphatic carbocycles. The van der Waals surface area contributed by atoms with Gasteiger partial charge in [-0.25, -0.2) is 0 Å². The summed E-state index contributed by atoms with van der Waals surface area (Å²) in [4.78, 5) is 27.8. The molecule has 11 heteroatoms. The van der Waals surface area contributed by atoms with E-state index in [-0.39, 0.29) is 23.5 Å². The van der Waals surface area contributed by atoms with Crippen molar-refractivity contribution < 1.29 is 23.8 Å². The number of nitrogen functional groups attached to an aromatic ring is 2. The van der Waals surface area contributed by atoms with Crippen molar-refractivity contribution in [3.05, 3.63) is 83.4 Å². The minimum absolute atomic E-state index is 0.0498. The quantitative estimate of drug-likeness (QED) is 0.125. The predicted molar refractivity (Wildman–Crippen MR) is 169 cm³/mol. The van der Waals surface area contributed by atoms with Gasteiger partial charge in [0.2, 0.25) is 0 Å². The number of esters is 1. The third-order valence-electron chi connectivity index (χ3n) is 7.13. The molecule has 0 spiro atoms. The SMILES string of the molecule is CC(C)(C)OC(=O)C(N)CC1CCN(C(=O)c2cc(Oc3ccc(C(=N)N)cc3)cc(Oc3ccc(C(=N)N)cc3)c2)CC1. The summed E-state index contributed by atoms with van der Waals surface area (Å²) in [6.07, 6.45) is 1.93. The van der Waals surface area contributed by atoms with Crippen molar-refractivity contribution in [2.45, 2.75) is 51.7 Å². The second-order valence-corrected chi connectivity index (χ2v) is 11.9. The van der Waals surface area contributed by atoms with Crippen LogP contribution in [-0.2, 0) is 9.53 Å². The Hall–Kier alpha value is -4.90. The van der Waals surface area contributed by atoms with Gasteiger partial charge in [-0.15, -0.1) is 0 Å². The molecule has 0 radical (unpaired) electrons. The fraction of sp³-hybridized carbons (Fsp3) is 0.333. The third-order valence-corrected chi connectivity index (χ3v) is 7.13. The maximum atomic E-state index is 13.7. The van der Waals surface area contributed by atoms with Gasteiger partial charge in [-0.2, -0.15) is 0 Å². The molecule has 1 heterocycles. The Kier molecular flexibility index (Phi) is 9.90. The molecule has 1 aliphatic heterocycles. The Balaban J connectivity index is 1.49. The first-order chi connectivity index (χ1) is 20.8. The summed E-state index contributed by atoms with van der Waals surface area (Å²) in [6.45, 7) is 6.47. The number of hydrogen-bond acceptors (Lipinski definition) is 8. The molecule has 1 atom stereocenters. The molecular weight excluding hydrogens is 560 g/mol. The number of amidine groups is 2. The Labute approximate surface area is 257 Å². The van der Waals surface area contributed by atoms with Crippen LogP contribution in [0.1, 0.15) is 61.5 Å². The van der Waals surface area contributed by atoms with E-state index in [1.54, 1.807) is 71.6 Å². The Morgan fingerprint density at radius 2 is 1.25 bits per heavy atom. The van der Waals surface area contributed by atoms with Gasteiger partial charge in [-0.3, -0.25) is 20.4 Å². The van der Waals surface area contributed by atoms with E-state index in [0.717, 1.165) is 0 Å². The van der Waals surface area contributed by atoms with E-state index >= 15 is 0 Å². The van der Waals surface area contributed by atoms with Crippen LogP contribution in [0, 0.1) is 16.7 Å². The van der Waals surface area contributed by atoms with Crippen molar-refractivity contribution in [1.82, 2.24) is 4.90 Å². The zero-order valence-electron chi connectivity index (χ0n) is 25.3. The number of likely N-dealkylation sites (tertiary alicyclic amines) is 1. The Morgan fingerprint density at radius 1 is 0.795 bits per heavy atom. The predicted octanol–water partition coefficient (Wildman–Crippen LogP) is 4.75. The van der Waals surface area contributed by atoms with Gasteiger partial charge in [0, 0.05) is 35.8 Å². The van der Waals surface area contributed by atoms with Crippen molar-refractivity contribution in [1.29, 1.82) is 10.8 Å². The molecule has 232 valence electrons. The largest absolute Gasteiger partial charge is 0.459 e. The molecule has 11 nitrogen and oxygen atoms in total. The number of hydrogen-bond donors (Lipinski definition) is 5. The Morgan fingerprint density at radius 3 is 1.66 bits per heavy atom. The van der Waals surface area contributed by atoms with Crippen LogP contribution in [0.3, 0.4) is 0 Å². The van der Waals surface area contributed by atoms with Crippen LogP contribution in [0.15, 0.2) is 66.7 Å². The van der Waals surface area contributed by atoms with Gasteiger partial charge >= 0.3 is 5.97 Å². The molecule has 0 aromatic heterocycles. The summed E-state index contributed by atoms with van der Waals surface area (Å²) in [7, 11) is 0. The lowest BCUT2D eigenvalue weighted by atomic mass is 9.90. The average molecular weight is 601 g/mol. The molecule has 1 aliphatic rings. The monoisotopic (exact) mass is 600 g/mol. The lowest BCUT2D eigenvalue weighted by Crippen LogP contribution is -2.42. The maximum absolute atomic E-state index is 13.7. The van der Waals surface area contributed by atoms with Crippen LogP contribution in [0.2, 0.25) is 0 Å². The topological polar surface area (TPSA) is 191 Å². The third kappa shape index (κ3) is 8.81. The number of amides is 1. The van der Waals surface area contributed by atoms with Crippen LogP contribution < -0.4 is 26.7 Å². The van der Waals surface area contributed by atoms with Gasteiger partial charge in [0.05, 0.1) is 0 Å². The summed E-state index contributed by atoms with van der Waals surface area (Å²) >= 11 is 0. The van der Waals surface area contributed by atoms with E-state index in [9.17, 15) is 9.59 Å². The lowest BCUT2D eigenvalue weighted by molar-refractivity contribution is -0.157. The lowest BCUT2D eigenvalue weighted by Gasteiger charge is -2.33. The normalized spacial score (nSPS) is 14.4. The number of rotatable bonds is 10. The van der Waals surface area contributed by atoms with E-state index < -0.39 is 17.6 Å². The minimum Gasteiger partial charge on any atom is -0.459 e. The van der Waals surface area contributed by atoms with E-state index in [2.05, 4.69) is 0 Å². The van der Waals surface area contributed by atoms with Gasteiger partial charge in [0.25, 0.3) is 5.91 Å². The number of carbonyl (C=O) groups excluding carboxylic acids is 2. The van der Waals surface area contributed by atoms with Crippen LogP contribution in [0.5, 0.6) is 23.0 Å². The number of benzene rings is 3. The number of nitrogens with one attached hydrogen (secondary N) is 2. The van der Waals surface area contributed by atoms with Crippen molar-refractivity contribution >= 4 is 23.5 Å². The number of nitrogens with two attached hydrogens (primary N) is 3. The molecule has 8 N–H and O–H groups in total. The summed E-state index contributed by atoms with van der Waals surface area (Å²) in [5.74, 6) is 1.29. The van der Waals surface area contributed by atoms with Gasteiger partial charge in [-0.05, 0) is 107 Å². The van der Waals surface area contributed by atoms with Crippen LogP contribution in [0.4, 0.5) is 0 Å². The van der Waals surface area contributed by atoms with E-state index in [1.165, 1.54) is 0 Å². The van der Waals surface area contributed by atoms with Crippen LogP contribution in [-0.4, -0.2) is 53.2 Å². The van der Waals surface area contributed by atoms with Crippen molar-refractivity contribution in [2.75, 3.05) is 13.1 Å². The Bertz CT molecular complexity index is 1430. The van der Waals surface area contributed by atoms with Crippen LogP contribution >= 0.6 is 0 Å². The highest BCUT2D eigenvalue weighted by Crippen LogP contribution is 2.32. The number of nitrogens with zero attached hydrogens (tertiary/aromatic N) is 1. The second-order valence-electron chi connectivity index (χ2n) is 11.9. The summed E-state index contributed by atoms with van der Waals surface area (Å²) in [6, 6.07) is 17.8. The first-order valence-electron chi connectivity index (χ1n) is 14.4. The van der Waals surface area contributed by atoms with E-state index in [1.807, 2.05) is 20.8 Å². The van der Waals surface area contributed by atoms with Crippen molar-refractivity contribution in [2.24, 2.45) is 23.1 Å². The highest BCUT2D eigenvalue weighted by atomic mass is 16.6. The van der Waals surface area contributed by atoms with Crippen molar-refractivity contribution in [3.63, 3.8) is 0 Å². The van der Waals surface area contributed by atoms with E-state index in [0.29, 0.717) is 72.0 Å². The molecule has 44 heavy (non-hydrogen) atoms.